The van der Waals surface area contributed by atoms with Crippen molar-refractivity contribution in [2.75, 3.05) is 5.32 Å². The molecule has 57 heavy (non-hydrogen) atoms. The number of rotatable bonds is 3. The first-order valence-electron chi connectivity index (χ1n) is 20.3. The van der Waals surface area contributed by atoms with E-state index in [1.807, 2.05) is 0 Å². The second kappa shape index (κ2) is 11.5. The highest BCUT2D eigenvalue weighted by atomic mass is 16.3. The molecule has 0 spiro atoms. The van der Waals surface area contributed by atoms with E-state index in [4.69, 9.17) is 4.42 Å². The van der Waals surface area contributed by atoms with Gasteiger partial charge < -0.3 is 14.3 Å². The number of benzene rings is 7. The van der Waals surface area contributed by atoms with Gasteiger partial charge in [-0.25, -0.2) is 0 Å². The predicted octanol–water partition coefficient (Wildman–Crippen LogP) is 13.0. The second-order valence-electron chi connectivity index (χ2n) is 18.9. The van der Waals surface area contributed by atoms with Crippen molar-refractivity contribution < 1.29 is 4.42 Å². The highest BCUT2D eigenvalue weighted by Crippen LogP contribution is 2.50. The molecule has 0 saturated carbocycles. The Labute approximate surface area is 335 Å². The molecule has 9 aromatic rings. The molecule has 3 heterocycles. The van der Waals surface area contributed by atoms with Crippen molar-refractivity contribution in [2.45, 2.75) is 71.6 Å². The van der Waals surface area contributed by atoms with Crippen LogP contribution in [-0.2, 0) is 16.2 Å². The number of nitrogens with one attached hydrogen (secondary N) is 1. The Bertz CT molecular complexity index is 3160. The normalized spacial score (nSPS) is 14.2. The number of aromatic nitrogens is 1. The van der Waals surface area contributed by atoms with Crippen LogP contribution in [0.3, 0.4) is 0 Å². The molecule has 11 rings (SSSR count). The third kappa shape index (κ3) is 4.92. The second-order valence-corrected chi connectivity index (χ2v) is 18.9. The number of nitrogens with zero attached hydrogens (tertiary/aromatic N) is 1. The Morgan fingerprint density at radius 1 is 0.579 bits per heavy atom. The van der Waals surface area contributed by atoms with Crippen molar-refractivity contribution in [1.29, 1.82) is 0 Å². The van der Waals surface area contributed by atoms with Gasteiger partial charge in [0, 0.05) is 55.1 Å². The molecule has 1 radical (unpaired) electrons. The maximum atomic E-state index is 6.50. The Hall–Kier alpha value is -6.00. The summed E-state index contributed by atoms with van der Waals surface area (Å²) < 4.78 is 9.06. The Balaban J connectivity index is 1.21. The Morgan fingerprint density at radius 2 is 1.32 bits per heavy atom. The van der Waals surface area contributed by atoms with Crippen LogP contribution in [0.1, 0.15) is 77.6 Å². The van der Waals surface area contributed by atoms with Gasteiger partial charge in [-0.05, 0) is 104 Å². The highest BCUT2D eigenvalue weighted by molar-refractivity contribution is 6.73. The average Bonchev–Trinajstić information content (AvgIpc) is 3.80. The fourth-order valence-electron chi connectivity index (χ4n) is 9.84. The molecule has 0 fully saturated rings. The van der Waals surface area contributed by atoms with E-state index in [0.29, 0.717) is 0 Å². The molecule has 0 atom stereocenters. The summed E-state index contributed by atoms with van der Waals surface area (Å²) in [6.07, 6.45) is 0. The third-order valence-electron chi connectivity index (χ3n) is 12.9. The van der Waals surface area contributed by atoms with E-state index < -0.39 is 0 Å². The van der Waals surface area contributed by atoms with Crippen molar-refractivity contribution in [3.8, 4) is 27.9 Å². The van der Waals surface area contributed by atoms with Crippen LogP contribution in [0.15, 0.2) is 132 Å². The van der Waals surface area contributed by atoms with Gasteiger partial charge in [-0.2, -0.15) is 0 Å². The first-order valence-corrected chi connectivity index (χ1v) is 20.3. The van der Waals surface area contributed by atoms with E-state index in [0.717, 1.165) is 27.9 Å². The summed E-state index contributed by atoms with van der Waals surface area (Å²) in [5.74, 6) is 0. The molecule has 277 valence electrons. The van der Waals surface area contributed by atoms with E-state index in [1.54, 1.807) is 0 Å². The van der Waals surface area contributed by atoms with Gasteiger partial charge in [-0.15, -0.1) is 0 Å². The van der Waals surface area contributed by atoms with Gasteiger partial charge in [0.05, 0.1) is 5.52 Å². The van der Waals surface area contributed by atoms with E-state index >= 15 is 0 Å². The zero-order valence-corrected chi connectivity index (χ0v) is 34.1. The number of hydrogen-bond donors (Lipinski definition) is 1. The summed E-state index contributed by atoms with van der Waals surface area (Å²) in [4.78, 5) is 0. The first-order chi connectivity index (χ1) is 27.3. The van der Waals surface area contributed by atoms with Crippen molar-refractivity contribution in [3.05, 3.63) is 150 Å². The van der Waals surface area contributed by atoms with Crippen LogP contribution in [0.5, 0.6) is 0 Å². The molecule has 0 saturated heterocycles. The van der Waals surface area contributed by atoms with Crippen molar-refractivity contribution in [2.24, 2.45) is 0 Å². The number of furan rings is 1. The Kier molecular flexibility index (Phi) is 6.94. The molecule has 0 amide bonds. The number of hydrogen-bond acceptors (Lipinski definition) is 2. The molecule has 0 unspecified atom stereocenters. The maximum Gasteiger partial charge on any atom is 0.197 e. The lowest BCUT2D eigenvalue weighted by Gasteiger charge is -2.27. The SMILES string of the molecule is CC(C)(C)c1ccc(Nc2ccc(C(C)(C)C)cc2-c2ccc3c4c5c(ccc4n4c3c2[B]c2cc3c(cc2-4)-c2ccccc2C3(C)C)oc2ccccc25)cc1. The minimum Gasteiger partial charge on any atom is -0.456 e. The summed E-state index contributed by atoms with van der Waals surface area (Å²) >= 11 is 0. The van der Waals surface area contributed by atoms with Gasteiger partial charge in [0.25, 0.3) is 0 Å². The monoisotopic (exact) mass is 737 g/mol. The van der Waals surface area contributed by atoms with Crippen molar-refractivity contribution >= 4 is 73.3 Å². The molecule has 7 aromatic carbocycles. The van der Waals surface area contributed by atoms with Crippen LogP contribution < -0.4 is 16.2 Å². The molecule has 2 aliphatic rings. The molecular weight excluding hydrogens is 691 g/mol. The Morgan fingerprint density at radius 3 is 2.11 bits per heavy atom. The van der Waals surface area contributed by atoms with Crippen molar-refractivity contribution in [3.63, 3.8) is 0 Å². The molecule has 1 aliphatic heterocycles. The van der Waals surface area contributed by atoms with E-state index in [1.165, 1.54) is 88.3 Å². The lowest BCUT2D eigenvalue weighted by Crippen LogP contribution is -2.38. The third-order valence-corrected chi connectivity index (χ3v) is 12.9. The van der Waals surface area contributed by atoms with Gasteiger partial charge in [0.2, 0.25) is 0 Å². The minimum absolute atomic E-state index is 0.0245. The van der Waals surface area contributed by atoms with Gasteiger partial charge in [0.15, 0.2) is 7.28 Å². The van der Waals surface area contributed by atoms with E-state index in [9.17, 15) is 0 Å². The van der Waals surface area contributed by atoms with Crippen LogP contribution in [0, 0.1) is 0 Å². The van der Waals surface area contributed by atoms with Gasteiger partial charge in [0.1, 0.15) is 11.2 Å². The smallest absolute Gasteiger partial charge is 0.197 e. The lowest BCUT2D eigenvalue weighted by molar-refractivity contribution is 0.590. The van der Waals surface area contributed by atoms with Crippen LogP contribution in [0.2, 0.25) is 0 Å². The first kappa shape index (κ1) is 34.3. The number of para-hydroxylation sites is 1. The zero-order valence-electron chi connectivity index (χ0n) is 34.1. The van der Waals surface area contributed by atoms with Gasteiger partial charge in [-0.1, -0.05) is 140 Å². The fourth-order valence-corrected chi connectivity index (χ4v) is 9.84. The van der Waals surface area contributed by atoms with Gasteiger partial charge >= 0.3 is 0 Å². The number of anilines is 2. The summed E-state index contributed by atoms with van der Waals surface area (Å²) in [5.41, 5.74) is 20.6. The number of fused-ring (bicyclic) bond motifs is 12. The van der Waals surface area contributed by atoms with Crippen LogP contribution >= 0.6 is 0 Å². The van der Waals surface area contributed by atoms with Gasteiger partial charge in [-0.3, -0.25) is 0 Å². The van der Waals surface area contributed by atoms with Crippen LogP contribution in [-0.4, -0.2) is 11.8 Å². The molecule has 1 N–H and O–H groups in total. The minimum atomic E-state index is -0.106. The van der Waals surface area contributed by atoms with Crippen molar-refractivity contribution in [1.82, 2.24) is 4.57 Å². The summed E-state index contributed by atoms with van der Waals surface area (Å²) in [6, 6.07) is 47.5. The lowest BCUT2D eigenvalue weighted by atomic mass is 9.58. The quantitative estimate of drug-likeness (QED) is 0.183. The maximum absolute atomic E-state index is 6.50. The largest absolute Gasteiger partial charge is 0.456 e. The molecule has 3 nitrogen and oxygen atoms in total. The fraction of sp³-hybridized carbons (Fsp3) is 0.208. The zero-order chi connectivity index (χ0) is 39.2. The average molecular weight is 738 g/mol. The molecule has 1 aliphatic carbocycles. The van der Waals surface area contributed by atoms with Crippen LogP contribution in [0.25, 0.3) is 71.7 Å². The summed E-state index contributed by atoms with van der Waals surface area (Å²) in [7, 11) is 2.47. The highest BCUT2D eigenvalue weighted by Gasteiger charge is 2.38. The molecule has 4 heteroatoms. The topological polar surface area (TPSA) is 30.1 Å². The standard InChI is InChI=1S/C53H46BN2O/c1-51(2,3)30-17-20-32(21-18-30)55-42-24-19-31(52(4,5)6)27-38(42)34-22-23-36-47-43(25-26-46-48(47)35-14-10-12-16-45(35)57-46)56-44-28-37-33-13-9-11-15-39(33)53(7,8)40(37)29-41(44)54-49(34)50(36)56/h9-29,55H,1-8H3. The molecular formula is C53H46BN2O. The van der Waals surface area contributed by atoms with E-state index in [-0.39, 0.29) is 16.2 Å². The molecule has 0 bridgehead atoms. The van der Waals surface area contributed by atoms with E-state index in [2.05, 4.69) is 200 Å². The molecule has 2 aromatic heterocycles. The van der Waals surface area contributed by atoms with Crippen LogP contribution in [0.4, 0.5) is 11.4 Å². The predicted molar refractivity (Wildman–Crippen MR) is 243 cm³/mol. The summed E-state index contributed by atoms with van der Waals surface area (Å²) in [6.45, 7) is 18.5. The summed E-state index contributed by atoms with van der Waals surface area (Å²) in [5, 5.41) is 8.68.